The number of nitrogens with one attached hydrogen (secondary N) is 2. The molecule has 162 valence electrons. The summed E-state index contributed by atoms with van der Waals surface area (Å²) < 4.78 is 1.83. The molecule has 0 spiro atoms. The molecular formula is C22H28N8O. The van der Waals surface area contributed by atoms with E-state index < -0.39 is 0 Å². The Balaban J connectivity index is 1.93. The number of H-pyrrole nitrogens is 1. The van der Waals surface area contributed by atoms with Gasteiger partial charge in [-0.1, -0.05) is 37.3 Å². The van der Waals surface area contributed by atoms with Gasteiger partial charge in [0, 0.05) is 20.0 Å². The molecule has 0 aliphatic rings. The second-order valence-electron chi connectivity index (χ2n) is 7.90. The Bertz CT molecular complexity index is 1260. The third-order valence-electron chi connectivity index (χ3n) is 5.44. The highest BCUT2D eigenvalue weighted by Crippen LogP contribution is 2.25. The van der Waals surface area contributed by atoms with Crippen LogP contribution in [0, 0.1) is 0 Å². The summed E-state index contributed by atoms with van der Waals surface area (Å²) >= 11 is 0. The molecule has 0 radical (unpaired) electrons. The molecule has 4 rings (SSSR count). The Morgan fingerprint density at radius 1 is 1.16 bits per heavy atom. The first-order chi connectivity index (χ1) is 14.9. The van der Waals surface area contributed by atoms with Crippen LogP contribution in [0.2, 0.25) is 0 Å². The van der Waals surface area contributed by atoms with E-state index in [0.717, 1.165) is 11.4 Å². The van der Waals surface area contributed by atoms with Crippen LogP contribution in [0.3, 0.4) is 0 Å². The van der Waals surface area contributed by atoms with Crippen molar-refractivity contribution < 1.29 is 0 Å². The molecule has 0 fully saturated rings. The van der Waals surface area contributed by atoms with Gasteiger partial charge in [0.25, 0.3) is 5.56 Å². The number of anilines is 2. The molecule has 9 heteroatoms. The van der Waals surface area contributed by atoms with Crippen molar-refractivity contribution >= 4 is 28.4 Å². The summed E-state index contributed by atoms with van der Waals surface area (Å²) in [6.07, 6.45) is 2.31. The molecule has 31 heavy (non-hydrogen) atoms. The van der Waals surface area contributed by atoms with Crippen molar-refractivity contribution in [1.82, 2.24) is 29.2 Å². The first-order valence-corrected chi connectivity index (χ1v) is 10.4. The minimum atomic E-state index is -0.208. The standard InChI is InChI=1S/C22H28N8O/c1-6-17-23-12-16-21(31)25-18-19(29(5)13-15-10-8-7-9-11-15)26-22(24-14(2)28(3)4)27-20(18)30(16)17/h7-12,14H,6,13H2,1-5H3,(H,25,31)(H,24,26,27). The van der Waals surface area contributed by atoms with Crippen molar-refractivity contribution in [2.75, 3.05) is 31.4 Å². The molecule has 1 unspecified atom stereocenters. The molecule has 1 aromatic carbocycles. The van der Waals surface area contributed by atoms with Crippen molar-refractivity contribution in [2.45, 2.75) is 33.0 Å². The van der Waals surface area contributed by atoms with Crippen LogP contribution < -0.4 is 15.8 Å². The van der Waals surface area contributed by atoms with Gasteiger partial charge in [0.2, 0.25) is 5.95 Å². The van der Waals surface area contributed by atoms with Crippen LogP contribution in [0.1, 0.15) is 25.2 Å². The minimum Gasteiger partial charge on any atom is -0.353 e. The average Bonchev–Trinajstić information content (AvgIpc) is 3.19. The molecule has 0 saturated carbocycles. The van der Waals surface area contributed by atoms with Gasteiger partial charge >= 0.3 is 0 Å². The first-order valence-electron chi connectivity index (χ1n) is 10.4. The van der Waals surface area contributed by atoms with Gasteiger partial charge < -0.3 is 15.2 Å². The number of hydrogen-bond donors (Lipinski definition) is 2. The van der Waals surface area contributed by atoms with E-state index in [1.165, 1.54) is 0 Å². The van der Waals surface area contributed by atoms with Crippen LogP contribution in [0.25, 0.3) is 16.7 Å². The fourth-order valence-electron chi connectivity index (χ4n) is 3.51. The first kappa shape index (κ1) is 20.8. The molecule has 0 aliphatic carbocycles. The Morgan fingerprint density at radius 2 is 1.90 bits per heavy atom. The quantitative estimate of drug-likeness (QED) is 0.444. The number of aromatic amines is 1. The molecule has 0 amide bonds. The Hall–Kier alpha value is -3.46. The molecule has 4 aromatic rings. The summed E-state index contributed by atoms with van der Waals surface area (Å²) in [5.41, 5.74) is 2.63. The van der Waals surface area contributed by atoms with E-state index in [9.17, 15) is 4.79 Å². The summed E-state index contributed by atoms with van der Waals surface area (Å²) in [4.78, 5) is 33.8. The molecule has 3 heterocycles. The monoisotopic (exact) mass is 420 g/mol. The van der Waals surface area contributed by atoms with Crippen LogP contribution in [0.4, 0.5) is 11.8 Å². The summed E-state index contributed by atoms with van der Waals surface area (Å²) in [6, 6.07) is 10.2. The lowest BCUT2D eigenvalue weighted by Crippen LogP contribution is -2.33. The maximum absolute atomic E-state index is 12.8. The van der Waals surface area contributed by atoms with Gasteiger partial charge in [-0.15, -0.1) is 0 Å². The van der Waals surface area contributed by atoms with E-state index in [0.29, 0.717) is 41.4 Å². The normalized spacial score (nSPS) is 12.6. The molecule has 9 nitrogen and oxygen atoms in total. The summed E-state index contributed by atoms with van der Waals surface area (Å²) in [6.45, 7) is 4.69. The third kappa shape index (κ3) is 3.96. The van der Waals surface area contributed by atoms with E-state index in [1.807, 2.05) is 67.4 Å². The minimum absolute atomic E-state index is 0.0245. The number of fused-ring (bicyclic) bond motifs is 3. The van der Waals surface area contributed by atoms with Crippen LogP contribution in [-0.4, -0.2) is 56.5 Å². The lowest BCUT2D eigenvalue weighted by molar-refractivity contribution is 0.342. The molecule has 2 N–H and O–H groups in total. The number of rotatable bonds is 7. The van der Waals surface area contributed by atoms with E-state index in [4.69, 9.17) is 9.97 Å². The SMILES string of the molecule is CCc1ncc2c(=O)[nH]c3c(N(C)Cc4ccccc4)nc(NC(C)N(C)C)nc3n12. The van der Waals surface area contributed by atoms with Gasteiger partial charge in [0.1, 0.15) is 16.9 Å². The fraction of sp³-hybridized carbons (Fsp3) is 0.364. The number of benzene rings is 1. The van der Waals surface area contributed by atoms with Crippen LogP contribution in [-0.2, 0) is 13.0 Å². The predicted octanol–water partition coefficient (Wildman–Crippen LogP) is 2.48. The smallest absolute Gasteiger partial charge is 0.274 e. The second kappa shape index (κ2) is 8.35. The van der Waals surface area contributed by atoms with Crippen molar-refractivity contribution in [3.05, 3.63) is 58.3 Å². The number of aromatic nitrogens is 5. The zero-order valence-electron chi connectivity index (χ0n) is 18.5. The Labute approximate surface area is 180 Å². The molecule has 0 saturated heterocycles. The largest absolute Gasteiger partial charge is 0.353 e. The average molecular weight is 421 g/mol. The summed E-state index contributed by atoms with van der Waals surface area (Å²) in [5.74, 6) is 1.93. The highest BCUT2D eigenvalue weighted by molar-refractivity contribution is 5.86. The molecule has 0 bridgehead atoms. The highest BCUT2D eigenvalue weighted by atomic mass is 16.1. The molecular weight excluding hydrogens is 392 g/mol. The van der Waals surface area contributed by atoms with Gasteiger partial charge in [-0.05, 0) is 26.6 Å². The van der Waals surface area contributed by atoms with Crippen molar-refractivity contribution in [3.63, 3.8) is 0 Å². The zero-order chi connectivity index (χ0) is 22.1. The van der Waals surface area contributed by atoms with Crippen molar-refractivity contribution in [3.8, 4) is 0 Å². The highest BCUT2D eigenvalue weighted by Gasteiger charge is 2.19. The Kier molecular flexibility index (Phi) is 5.60. The lowest BCUT2D eigenvalue weighted by atomic mass is 10.2. The van der Waals surface area contributed by atoms with Crippen molar-refractivity contribution in [1.29, 1.82) is 0 Å². The van der Waals surface area contributed by atoms with E-state index >= 15 is 0 Å². The summed E-state index contributed by atoms with van der Waals surface area (Å²) in [5, 5.41) is 3.35. The number of aryl methyl sites for hydroxylation is 1. The lowest BCUT2D eigenvalue weighted by Gasteiger charge is -2.24. The second-order valence-corrected chi connectivity index (χ2v) is 7.90. The maximum Gasteiger partial charge on any atom is 0.274 e. The van der Waals surface area contributed by atoms with Crippen LogP contribution in [0.5, 0.6) is 0 Å². The van der Waals surface area contributed by atoms with Crippen molar-refractivity contribution in [2.24, 2.45) is 0 Å². The Morgan fingerprint density at radius 3 is 2.58 bits per heavy atom. The van der Waals surface area contributed by atoms with Crippen LogP contribution >= 0.6 is 0 Å². The molecule has 3 aromatic heterocycles. The number of hydrogen-bond acceptors (Lipinski definition) is 7. The van der Waals surface area contributed by atoms with Gasteiger partial charge in [-0.3, -0.25) is 14.1 Å². The van der Waals surface area contributed by atoms with Gasteiger partial charge in [0.05, 0.1) is 12.4 Å². The fourth-order valence-corrected chi connectivity index (χ4v) is 3.51. The number of imidazole rings is 1. The van der Waals surface area contributed by atoms with Crippen LogP contribution in [0.15, 0.2) is 41.3 Å². The topological polar surface area (TPSA) is 94.4 Å². The maximum atomic E-state index is 12.8. The molecule has 1 atom stereocenters. The third-order valence-corrected chi connectivity index (χ3v) is 5.44. The zero-order valence-corrected chi connectivity index (χ0v) is 18.5. The van der Waals surface area contributed by atoms with E-state index in [2.05, 4.69) is 27.4 Å². The predicted molar refractivity (Wildman–Crippen MR) is 124 cm³/mol. The van der Waals surface area contributed by atoms with E-state index in [-0.39, 0.29) is 11.7 Å². The molecule has 0 aliphatic heterocycles. The van der Waals surface area contributed by atoms with Gasteiger partial charge in [0.15, 0.2) is 11.5 Å². The van der Waals surface area contributed by atoms with Gasteiger partial charge in [-0.2, -0.15) is 9.97 Å². The summed E-state index contributed by atoms with van der Waals surface area (Å²) in [7, 11) is 5.94. The van der Waals surface area contributed by atoms with E-state index in [1.54, 1.807) is 6.20 Å². The van der Waals surface area contributed by atoms with Gasteiger partial charge in [-0.25, -0.2) is 4.98 Å². The number of nitrogens with zero attached hydrogens (tertiary/aromatic N) is 6.